The van der Waals surface area contributed by atoms with Gasteiger partial charge in [0.05, 0.1) is 11.8 Å². The van der Waals surface area contributed by atoms with E-state index in [1.54, 1.807) is 0 Å². The molecule has 0 radical (unpaired) electrons. The summed E-state index contributed by atoms with van der Waals surface area (Å²) < 4.78 is 27.2. The van der Waals surface area contributed by atoms with Crippen molar-refractivity contribution in [1.82, 2.24) is 9.78 Å². The van der Waals surface area contributed by atoms with Gasteiger partial charge in [0.15, 0.2) is 6.29 Å². The fourth-order valence-corrected chi connectivity index (χ4v) is 1.19. The predicted octanol–water partition coefficient (Wildman–Crippen LogP) is 1.96. The lowest BCUT2D eigenvalue weighted by atomic mass is 10.3. The molecule has 2 aromatic rings. The van der Waals surface area contributed by atoms with Gasteiger partial charge in [-0.05, 0) is 12.1 Å². The smallest absolute Gasteiger partial charge is 0.153 e. The number of halogens is 2. The molecule has 76 valence electrons. The number of hydrogen-bond donors (Lipinski definition) is 0. The Morgan fingerprint density at radius 2 is 2.13 bits per heavy atom. The van der Waals surface area contributed by atoms with E-state index in [0.717, 1.165) is 22.9 Å². The molecule has 5 heteroatoms. The van der Waals surface area contributed by atoms with Crippen molar-refractivity contribution in [2.45, 2.75) is 0 Å². The van der Waals surface area contributed by atoms with Crippen molar-refractivity contribution < 1.29 is 13.6 Å². The zero-order valence-corrected chi connectivity index (χ0v) is 7.52. The first kappa shape index (κ1) is 9.51. The van der Waals surface area contributed by atoms with Gasteiger partial charge >= 0.3 is 0 Å². The fourth-order valence-electron chi connectivity index (χ4n) is 1.19. The molecule has 0 saturated carbocycles. The molecule has 1 heterocycles. The molecule has 2 rings (SSSR count). The SMILES string of the molecule is O=Cc1cnn(-c2cc(F)ccc2F)c1. The second kappa shape index (κ2) is 3.61. The van der Waals surface area contributed by atoms with E-state index in [9.17, 15) is 13.6 Å². The van der Waals surface area contributed by atoms with Crippen LogP contribution in [0.2, 0.25) is 0 Å². The molecule has 0 fully saturated rings. The van der Waals surface area contributed by atoms with Gasteiger partial charge in [-0.25, -0.2) is 13.5 Å². The summed E-state index contributed by atoms with van der Waals surface area (Å²) in [6, 6.07) is 3.03. The number of rotatable bonds is 2. The summed E-state index contributed by atoms with van der Waals surface area (Å²) in [5.41, 5.74) is 0.279. The molecule has 1 aromatic heterocycles. The third-order valence-corrected chi connectivity index (χ3v) is 1.89. The Morgan fingerprint density at radius 3 is 2.80 bits per heavy atom. The third kappa shape index (κ3) is 1.76. The van der Waals surface area contributed by atoms with Crippen LogP contribution in [0.25, 0.3) is 5.69 Å². The van der Waals surface area contributed by atoms with E-state index in [0.29, 0.717) is 11.8 Å². The molecule has 3 nitrogen and oxygen atoms in total. The van der Waals surface area contributed by atoms with Crippen molar-refractivity contribution in [2.75, 3.05) is 0 Å². The van der Waals surface area contributed by atoms with Crippen LogP contribution in [-0.4, -0.2) is 16.1 Å². The van der Waals surface area contributed by atoms with E-state index in [4.69, 9.17) is 0 Å². The average Bonchev–Trinajstić information content (AvgIpc) is 2.70. The molecule has 0 aliphatic carbocycles. The van der Waals surface area contributed by atoms with Crippen LogP contribution in [0.15, 0.2) is 30.6 Å². The zero-order chi connectivity index (χ0) is 10.8. The second-order valence-corrected chi connectivity index (χ2v) is 2.93. The van der Waals surface area contributed by atoms with E-state index < -0.39 is 11.6 Å². The molecule has 0 atom stereocenters. The Hall–Kier alpha value is -2.04. The maximum absolute atomic E-state index is 13.3. The molecule has 0 aliphatic heterocycles. The van der Waals surface area contributed by atoms with Gasteiger partial charge < -0.3 is 0 Å². The Bertz CT molecular complexity index is 508. The van der Waals surface area contributed by atoms with Gasteiger partial charge in [0, 0.05) is 12.3 Å². The average molecular weight is 208 g/mol. The Morgan fingerprint density at radius 1 is 1.33 bits per heavy atom. The van der Waals surface area contributed by atoms with Gasteiger partial charge in [-0.1, -0.05) is 0 Å². The summed E-state index contributed by atoms with van der Waals surface area (Å²) in [5, 5.41) is 3.74. The summed E-state index contributed by atoms with van der Waals surface area (Å²) in [7, 11) is 0. The molecule has 0 N–H and O–H groups in total. The van der Waals surface area contributed by atoms with Crippen molar-refractivity contribution in [2.24, 2.45) is 0 Å². The topological polar surface area (TPSA) is 34.9 Å². The van der Waals surface area contributed by atoms with Crippen molar-refractivity contribution in [3.8, 4) is 5.69 Å². The maximum atomic E-state index is 13.3. The van der Waals surface area contributed by atoms with Crippen LogP contribution < -0.4 is 0 Å². The summed E-state index contributed by atoms with van der Waals surface area (Å²) in [5.74, 6) is -1.16. The van der Waals surface area contributed by atoms with Crippen LogP contribution in [0.4, 0.5) is 8.78 Å². The predicted molar refractivity (Wildman–Crippen MR) is 48.9 cm³/mol. The van der Waals surface area contributed by atoms with Gasteiger partial charge in [0.1, 0.15) is 17.3 Å². The minimum Gasteiger partial charge on any atom is -0.298 e. The monoisotopic (exact) mass is 208 g/mol. The number of carbonyl (C=O) groups is 1. The van der Waals surface area contributed by atoms with Gasteiger partial charge in [0.25, 0.3) is 0 Å². The first-order chi connectivity index (χ1) is 7.20. The van der Waals surface area contributed by atoms with E-state index in [1.807, 2.05) is 0 Å². The van der Waals surface area contributed by atoms with Crippen molar-refractivity contribution in [3.63, 3.8) is 0 Å². The summed E-state index contributed by atoms with van der Waals surface area (Å²) >= 11 is 0. The molecule has 0 saturated heterocycles. The zero-order valence-electron chi connectivity index (χ0n) is 7.52. The number of carbonyl (C=O) groups excluding carboxylic acids is 1. The Balaban J connectivity index is 2.52. The second-order valence-electron chi connectivity index (χ2n) is 2.93. The lowest BCUT2D eigenvalue weighted by Crippen LogP contribution is -1.98. The highest BCUT2D eigenvalue weighted by molar-refractivity contribution is 5.73. The van der Waals surface area contributed by atoms with Crippen LogP contribution in [0.3, 0.4) is 0 Å². The molecule has 15 heavy (non-hydrogen) atoms. The van der Waals surface area contributed by atoms with Crippen molar-refractivity contribution >= 4 is 6.29 Å². The third-order valence-electron chi connectivity index (χ3n) is 1.89. The molecule has 0 unspecified atom stereocenters. The van der Waals surface area contributed by atoms with Crippen LogP contribution in [0.1, 0.15) is 10.4 Å². The van der Waals surface area contributed by atoms with Crippen LogP contribution in [0, 0.1) is 11.6 Å². The molecule has 0 bridgehead atoms. The van der Waals surface area contributed by atoms with Crippen LogP contribution in [-0.2, 0) is 0 Å². The van der Waals surface area contributed by atoms with Gasteiger partial charge in [-0.2, -0.15) is 5.10 Å². The number of nitrogens with zero attached hydrogens (tertiary/aromatic N) is 2. The summed E-state index contributed by atoms with van der Waals surface area (Å²) in [6.45, 7) is 0. The van der Waals surface area contributed by atoms with Crippen LogP contribution >= 0.6 is 0 Å². The normalized spacial score (nSPS) is 10.3. The first-order valence-corrected chi connectivity index (χ1v) is 4.16. The van der Waals surface area contributed by atoms with E-state index in [-0.39, 0.29) is 5.69 Å². The Labute approximate surface area is 84.0 Å². The number of hydrogen-bond acceptors (Lipinski definition) is 2. The van der Waals surface area contributed by atoms with Gasteiger partial charge in [0.2, 0.25) is 0 Å². The highest BCUT2D eigenvalue weighted by atomic mass is 19.1. The molecule has 1 aromatic carbocycles. The van der Waals surface area contributed by atoms with E-state index in [1.165, 1.54) is 12.4 Å². The summed E-state index contributed by atoms with van der Waals surface area (Å²) in [6.07, 6.45) is 3.18. The standard InChI is InChI=1S/C10H6F2N2O/c11-8-1-2-9(12)10(3-8)14-5-7(6-15)4-13-14/h1-6H. The van der Waals surface area contributed by atoms with E-state index >= 15 is 0 Å². The highest BCUT2D eigenvalue weighted by Crippen LogP contribution is 2.14. The molecular formula is C10H6F2N2O. The molecule has 0 amide bonds. The molecule has 0 aliphatic rings. The quantitative estimate of drug-likeness (QED) is 0.707. The highest BCUT2D eigenvalue weighted by Gasteiger charge is 2.07. The van der Waals surface area contributed by atoms with Crippen molar-refractivity contribution in [1.29, 1.82) is 0 Å². The summed E-state index contributed by atoms with van der Waals surface area (Å²) in [4.78, 5) is 10.4. The number of aromatic nitrogens is 2. The Kier molecular flexibility index (Phi) is 2.29. The maximum Gasteiger partial charge on any atom is 0.153 e. The fraction of sp³-hybridized carbons (Fsp3) is 0. The minimum absolute atomic E-state index is 0.0249. The van der Waals surface area contributed by atoms with E-state index in [2.05, 4.69) is 5.10 Å². The molecule has 0 spiro atoms. The van der Waals surface area contributed by atoms with Crippen molar-refractivity contribution in [3.05, 3.63) is 47.8 Å². The van der Waals surface area contributed by atoms with Gasteiger partial charge in [-0.15, -0.1) is 0 Å². The number of aldehydes is 1. The van der Waals surface area contributed by atoms with Crippen LogP contribution in [0.5, 0.6) is 0 Å². The van der Waals surface area contributed by atoms with Gasteiger partial charge in [-0.3, -0.25) is 4.79 Å². The lowest BCUT2D eigenvalue weighted by molar-refractivity contribution is 0.112. The lowest BCUT2D eigenvalue weighted by Gasteiger charge is -2.02. The molecular weight excluding hydrogens is 202 g/mol. The first-order valence-electron chi connectivity index (χ1n) is 4.16. The minimum atomic E-state index is -0.600. The largest absolute Gasteiger partial charge is 0.298 e. The number of benzene rings is 1.